The minimum Gasteiger partial charge on any atom is -0.355 e. The number of aromatic nitrogens is 3. The first kappa shape index (κ1) is 16.2. The molecule has 0 saturated carbocycles. The third kappa shape index (κ3) is 3.45. The van der Waals surface area contributed by atoms with Gasteiger partial charge in [0.25, 0.3) is 11.5 Å². The van der Waals surface area contributed by atoms with Crippen molar-refractivity contribution in [3.63, 3.8) is 0 Å². The number of pyridine rings is 1. The summed E-state index contributed by atoms with van der Waals surface area (Å²) in [5.74, 6) is 0.555. The molecule has 0 atom stereocenters. The standard InChI is InChI=1S/C17H21N5O2/c1-11-9-12(2)20-16(23)15(11)17(24)21-13-3-7-22(8-4-13)14-10-18-5-6-19-14/h5-6,9-10,13H,3-4,7-8H2,1-2H3,(H,20,23)(H,21,24). The van der Waals surface area contributed by atoms with Crippen LogP contribution in [0, 0.1) is 13.8 Å². The lowest BCUT2D eigenvalue weighted by Crippen LogP contribution is -2.46. The van der Waals surface area contributed by atoms with Gasteiger partial charge in [-0.25, -0.2) is 4.98 Å². The number of H-pyrrole nitrogens is 1. The molecule has 7 nitrogen and oxygen atoms in total. The van der Waals surface area contributed by atoms with Crippen LogP contribution in [-0.2, 0) is 0 Å². The zero-order chi connectivity index (χ0) is 17.1. The van der Waals surface area contributed by atoms with Crippen LogP contribution in [0.1, 0.15) is 34.5 Å². The SMILES string of the molecule is Cc1cc(C)c(C(=O)NC2CCN(c3cnccn3)CC2)c(=O)[nH]1. The lowest BCUT2D eigenvalue weighted by molar-refractivity contribution is 0.0929. The monoisotopic (exact) mass is 327 g/mol. The van der Waals surface area contributed by atoms with Gasteiger partial charge >= 0.3 is 0 Å². The molecule has 0 unspecified atom stereocenters. The number of anilines is 1. The van der Waals surface area contributed by atoms with Crippen LogP contribution in [0.2, 0.25) is 0 Å². The van der Waals surface area contributed by atoms with Gasteiger partial charge in [0.15, 0.2) is 0 Å². The summed E-state index contributed by atoms with van der Waals surface area (Å²) in [5, 5.41) is 2.99. The first-order chi connectivity index (χ1) is 11.5. The number of piperidine rings is 1. The summed E-state index contributed by atoms with van der Waals surface area (Å²) in [4.78, 5) is 37.7. The summed E-state index contributed by atoms with van der Waals surface area (Å²) in [6, 6.07) is 1.87. The average Bonchev–Trinajstić information content (AvgIpc) is 2.55. The number of aromatic amines is 1. The highest BCUT2D eigenvalue weighted by molar-refractivity contribution is 5.95. The van der Waals surface area contributed by atoms with Gasteiger partial charge in [-0.3, -0.25) is 14.6 Å². The number of amides is 1. The predicted molar refractivity (Wildman–Crippen MR) is 91.3 cm³/mol. The molecule has 1 aliphatic heterocycles. The lowest BCUT2D eigenvalue weighted by atomic mass is 10.0. The highest BCUT2D eigenvalue weighted by Gasteiger charge is 2.23. The Morgan fingerprint density at radius 1 is 1.29 bits per heavy atom. The minimum atomic E-state index is -0.331. The molecule has 1 saturated heterocycles. The van der Waals surface area contributed by atoms with E-state index >= 15 is 0 Å². The van der Waals surface area contributed by atoms with Crippen LogP contribution in [0.3, 0.4) is 0 Å². The number of aryl methyl sites for hydroxylation is 2. The molecule has 3 heterocycles. The summed E-state index contributed by atoms with van der Waals surface area (Å²) in [6.07, 6.45) is 6.69. The van der Waals surface area contributed by atoms with Gasteiger partial charge in [-0.2, -0.15) is 0 Å². The summed E-state index contributed by atoms with van der Waals surface area (Å²) in [6.45, 7) is 5.19. The smallest absolute Gasteiger partial charge is 0.261 e. The molecular formula is C17H21N5O2. The Balaban J connectivity index is 1.62. The fourth-order valence-electron chi connectivity index (χ4n) is 3.10. The Bertz CT molecular complexity index is 779. The zero-order valence-electron chi connectivity index (χ0n) is 13.9. The second kappa shape index (κ2) is 6.82. The molecule has 7 heteroatoms. The van der Waals surface area contributed by atoms with Crippen LogP contribution in [0.25, 0.3) is 0 Å². The van der Waals surface area contributed by atoms with E-state index in [2.05, 4.69) is 25.2 Å². The van der Waals surface area contributed by atoms with E-state index in [1.165, 1.54) is 0 Å². The van der Waals surface area contributed by atoms with Crippen molar-refractivity contribution in [2.75, 3.05) is 18.0 Å². The third-order valence-electron chi connectivity index (χ3n) is 4.30. The second-order valence-corrected chi connectivity index (χ2v) is 6.14. The van der Waals surface area contributed by atoms with Gasteiger partial charge in [0.05, 0.1) is 6.20 Å². The minimum absolute atomic E-state index is 0.0607. The number of hydrogen-bond donors (Lipinski definition) is 2. The predicted octanol–water partition coefficient (Wildman–Crippen LogP) is 1.18. The van der Waals surface area contributed by atoms with E-state index in [0.29, 0.717) is 5.56 Å². The van der Waals surface area contributed by atoms with Crippen LogP contribution in [0.4, 0.5) is 5.82 Å². The second-order valence-electron chi connectivity index (χ2n) is 6.14. The van der Waals surface area contributed by atoms with Crippen molar-refractivity contribution in [1.82, 2.24) is 20.3 Å². The average molecular weight is 327 g/mol. The van der Waals surface area contributed by atoms with Gasteiger partial charge in [-0.05, 0) is 38.3 Å². The molecule has 0 aromatic carbocycles. The molecule has 0 spiro atoms. The number of carbonyl (C=O) groups is 1. The number of rotatable bonds is 3. The van der Waals surface area contributed by atoms with Crippen molar-refractivity contribution in [2.24, 2.45) is 0 Å². The van der Waals surface area contributed by atoms with Gasteiger partial charge < -0.3 is 15.2 Å². The van der Waals surface area contributed by atoms with Crippen molar-refractivity contribution < 1.29 is 4.79 Å². The Morgan fingerprint density at radius 3 is 2.67 bits per heavy atom. The highest BCUT2D eigenvalue weighted by atomic mass is 16.2. The van der Waals surface area contributed by atoms with Crippen molar-refractivity contribution in [3.05, 3.63) is 51.8 Å². The topological polar surface area (TPSA) is 91.0 Å². The molecule has 0 aliphatic carbocycles. The van der Waals surface area contributed by atoms with Crippen LogP contribution in [0.15, 0.2) is 29.5 Å². The quantitative estimate of drug-likeness (QED) is 0.883. The molecule has 1 fully saturated rings. The van der Waals surface area contributed by atoms with Crippen LogP contribution in [-0.4, -0.2) is 40.0 Å². The number of carbonyl (C=O) groups excluding carboxylic acids is 1. The highest BCUT2D eigenvalue weighted by Crippen LogP contribution is 2.17. The fourth-order valence-corrected chi connectivity index (χ4v) is 3.10. The van der Waals surface area contributed by atoms with Crippen LogP contribution >= 0.6 is 0 Å². The van der Waals surface area contributed by atoms with E-state index < -0.39 is 0 Å². The third-order valence-corrected chi connectivity index (χ3v) is 4.30. The normalized spacial score (nSPS) is 15.3. The maximum Gasteiger partial charge on any atom is 0.261 e. The van der Waals surface area contributed by atoms with Crippen LogP contribution in [0.5, 0.6) is 0 Å². The van der Waals surface area contributed by atoms with E-state index in [4.69, 9.17) is 0 Å². The Hall–Kier alpha value is -2.70. The van der Waals surface area contributed by atoms with E-state index in [1.807, 2.05) is 6.07 Å². The number of hydrogen-bond acceptors (Lipinski definition) is 5. The molecule has 0 bridgehead atoms. The molecule has 2 aromatic rings. The summed E-state index contributed by atoms with van der Waals surface area (Å²) in [7, 11) is 0. The molecule has 2 aromatic heterocycles. The lowest BCUT2D eigenvalue weighted by Gasteiger charge is -2.32. The Labute approximate surface area is 140 Å². The van der Waals surface area contributed by atoms with Crippen LogP contribution < -0.4 is 15.8 Å². The largest absolute Gasteiger partial charge is 0.355 e. The van der Waals surface area contributed by atoms with Gasteiger partial charge in [0.2, 0.25) is 0 Å². The van der Waals surface area contributed by atoms with Gasteiger partial charge in [-0.1, -0.05) is 0 Å². The molecule has 0 radical (unpaired) electrons. The van der Waals surface area contributed by atoms with Crippen molar-refractivity contribution in [1.29, 1.82) is 0 Å². The van der Waals surface area contributed by atoms with Crippen molar-refractivity contribution in [2.45, 2.75) is 32.7 Å². The molecule has 2 N–H and O–H groups in total. The summed E-state index contributed by atoms with van der Waals surface area (Å²) < 4.78 is 0. The van der Waals surface area contributed by atoms with Gasteiger partial charge in [0, 0.05) is 37.2 Å². The molecule has 3 rings (SSSR count). The number of nitrogens with one attached hydrogen (secondary N) is 2. The molecule has 24 heavy (non-hydrogen) atoms. The van der Waals surface area contributed by atoms with E-state index in [0.717, 1.165) is 37.4 Å². The summed E-state index contributed by atoms with van der Waals surface area (Å²) in [5.41, 5.74) is 1.33. The van der Waals surface area contributed by atoms with Crippen molar-refractivity contribution in [3.8, 4) is 0 Å². The zero-order valence-corrected chi connectivity index (χ0v) is 13.9. The summed E-state index contributed by atoms with van der Waals surface area (Å²) >= 11 is 0. The first-order valence-corrected chi connectivity index (χ1v) is 8.07. The molecule has 1 amide bonds. The van der Waals surface area contributed by atoms with E-state index in [9.17, 15) is 9.59 Å². The molecular weight excluding hydrogens is 306 g/mol. The van der Waals surface area contributed by atoms with Gasteiger partial charge in [-0.15, -0.1) is 0 Å². The van der Waals surface area contributed by atoms with Gasteiger partial charge in [0.1, 0.15) is 11.4 Å². The fraction of sp³-hybridized carbons (Fsp3) is 0.412. The van der Waals surface area contributed by atoms with E-state index in [1.54, 1.807) is 32.4 Å². The molecule has 1 aliphatic rings. The Morgan fingerprint density at radius 2 is 2.04 bits per heavy atom. The first-order valence-electron chi connectivity index (χ1n) is 8.07. The maximum absolute atomic E-state index is 12.5. The number of nitrogens with zero attached hydrogens (tertiary/aromatic N) is 3. The maximum atomic E-state index is 12.5. The molecule has 126 valence electrons. The van der Waals surface area contributed by atoms with Crippen molar-refractivity contribution >= 4 is 11.7 Å². The van der Waals surface area contributed by atoms with E-state index in [-0.39, 0.29) is 23.1 Å². The Kier molecular flexibility index (Phi) is 4.59.